The fourth-order valence-electron chi connectivity index (χ4n) is 5.51. The summed E-state index contributed by atoms with van der Waals surface area (Å²) in [5, 5.41) is 0. The van der Waals surface area contributed by atoms with Crippen molar-refractivity contribution in [3.63, 3.8) is 0 Å². The zero-order chi connectivity index (χ0) is 18.4. The number of carbonyl (C=O) groups is 2. The van der Waals surface area contributed by atoms with Gasteiger partial charge < -0.3 is 4.74 Å². The predicted octanol–water partition coefficient (Wildman–Crippen LogP) is 5.01. The van der Waals surface area contributed by atoms with Gasteiger partial charge in [0.15, 0.2) is 5.78 Å². The molecule has 3 nitrogen and oxygen atoms in total. The van der Waals surface area contributed by atoms with Crippen molar-refractivity contribution in [2.45, 2.75) is 73.1 Å². The van der Waals surface area contributed by atoms with Gasteiger partial charge in [-0.25, -0.2) is 4.79 Å². The van der Waals surface area contributed by atoms with Crippen molar-refractivity contribution in [1.29, 1.82) is 0 Å². The van der Waals surface area contributed by atoms with Crippen LogP contribution in [0.4, 0.5) is 0 Å². The second-order valence-corrected chi connectivity index (χ2v) is 8.97. The third-order valence-corrected chi connectivity index (χ3v) is 7.23. The Balaban J connectivity index is 2.07. The van der Waals surface area contributed by atoms with Gasteiger partial charge in [0, 0.05) is 6.42 Å². The maximum atomic E-state index is 12.6. The Morgan fingerprint density at radius 1 is 1.28 bits per heavy atom. The second kappa shape index (κ2) is 6.41. The maximum Gasteiger partial charge on any atom is 0.341 e. The number of rotatable bonds is 3. The van der Waals surface area contributed by atoms with Gasteiger partial charge >= 0.3 is 5.97 Å². The lowest BCUT2D eigenvalue weighted by Gasteiger charge is -2.38. The lowest BCUT2D eigenvalue weighted by molar-refractivity contribution is -0.140. The van der Waals surface area contributed by atoms with Crippen LogP contribution in [0.25, 0.3) is 0 Å². The van der Waals surface area contributed by atoms with Gasteiger partial charge in [-0.3, -0.25) is 4.79 Å². The maximum absolute atomic E-state index is 12.6. The second-order valence-electron chi connectivity index (χ2n) is 8.97. The highest BCUT2D eigenvalue weighted by molar-refractivity contribution is 6.18. The summed E-state index contributed by atoms with van der Waals surface area (Å²) in [5.41, 5.74) is 3.02. The van der Waals surface area contributed by atoms with Crippen LogP contribution in [0, 0.1) is 22.7 Å². The standard InChI is InChI=1S/C22H32O3/c1-6-25-20(24)19-17-13-15-7-8-16(14(2)3)22(15,5)12-11-21(17,4)10-9-18(19)23/h7,14,16H,6,8-13H2,1-5H3/t16-,21+,22+/m1/s1. The Kier molecular flexibility index (Phi) is 4.72. The monoisotopic (exact) mass is 344 g/mol. The summed E-state index contributed by atoms with van der Waals surface area (Å²) in [6.07, 6.45) is 7.82. The lowest BCUT2D eigenvalue weighted by Crippen LogP contribution is -2.32. The number of carbonyl (C=O) groups excluding carboxylic acids is 2. The molecular formula is C22H32O3. The van der Waals surface area contributed by atoms with E-state index in [1.807, 2.05) is 0 Å². The summed E-state index contributed by atoms with van der Waals surface area (Å²) >= 11 is 0. The van der Waals surface area contributed by atoms with Gasteiger partial charge in [0.2, 0.25) is 0 Å². The number of fused-ring (bicyclic) bond motifs is 2. The molecule has 138 valence electrons. The molecule has 0 saturated heterocycles. The van der Waals surface area contributed by atoms with Gasteiger partial charge in [-0.1, -0.05) is 39.3 Å². The van der Waals surface area contributed by atoms with E-state index in [9.17, 15) is 9.59 Å². The number of ether oxygens (including phenoxy) is 1. The molecule has 0 heterocycles. The van der Waals surface area contributed by atoms with Crippen LogP contribution >= 0.6 is 0 Å². The molecule has 0 amide bonds. The highest BCUT2D eigenvalue weighted by Crippen LogP contribution is 2.59. The first-order valence-corrected chi connectivity index (χ1v) is 9.86. The summed E-state index contributed by atoms with van der Waals surface area (Å²) in [7, 11) is 0. The van der Waals surface area contributed by atoms with Gasteiger partial charge in [-0.05, 0) is 67.3 Å². The van der Waals surface area contributed by atoms with Crippen molar-refractivity contribution in [2.75, 3.05) is 6.61 Å². The largest absolute Gasteiger partial charge is 0.462 e. The molecule has 3 rings (SSSR count). The molecule has 3 heteroatoms. The Bertz CT molecular complexity index is 654. The fraction of sp³-hybridized carbons (Fsp3) is 0.727. The molecule has 0 aromatic carbocycles. The van der Waals surface area contributed by atoms with Crippen LogP contribution in [-0.2, 0) is 14.3 Å². The first kappa shape index (κ1) is 18.4. The van der Waals surface area contributed by atoms with E-state index in [1.165, 1.54) is 5.57 Å². The van der Waals surface area contributed by atoms with E-state index in [-0.39, 0.29) is 16.6 Å². The number of hydrogen-bond donors (Lipinski definition) is 0. The summed E-state index contributed by atoms with van der Waals surface area (Å²) in [4.78, 5) is 25.1. The number of Topliss-reactive ketones (excluding diaryl/α,β-unsaturated/α-hetero) is 1. The minimum Gasteiger partial charge on any atom is -0.462 e. The molecule has 1 saturated carbocycles. The van der Waals surface area contributed by atoms with Crippen LogP contribution in [-0.4, -0.2) is 18.4 Å². The van der Waals surface area contributed by atoms with Crippen molar-refractivity contribution < 1.29 is 14.3 Å². The van der Waals surface area contributed by atoms with Crippen LogP contribution in [0.1, 0.15) is 73.1 Å². The Labute approximate surface area is 151 Å². The van der Waals surface area contributed by atoms with Crippen LogP contribution in [0.15, 0.2) is 22.8 Å². The highest BCUT2D eigenvalue weighted by atomic mass is 16.5. The minimum absolute atomic E-state index is 0.0199. The average Bonchev–Trinajstić information content (AvgIpc) is 2.82. The van der Waals surface area contributed by atoms with Crippen molar-refractivity contribution in [3.05, 3.63) is 22.8 Å². The van der Waals surface area contributed by atoms with Crippen LogP contribution in [0.3, 0.4) is 0 Å². The SMILES string of the molecule is CCOC(=O)C1=C2CC3=CC[C@H](C(C)C)[C@@]3(C)CC[C@]2(C)CCC1=O. The molecule has 3 aliphatic carbocycles. The van der Waals surface area contributed by atoms with E-state index >= 15 is 0 Å². The van der Waals surface area contributed by atoms with Gasteiger partial charge in [0.05, 0.1) is 6.61 Å². The molecule has 0 bridgehead atoms. The topological polar surface area (TPSA) is 43.4 Å². The molecule has 3 aliphatic rings. The zero-order valence-corrected chi connectivity index (χ0v) is 16.4. The Morgan fingerprint density at radius 3 is 2.64 bits per heavy atom. The third kappa shape index (κ3) is 2.90. The normalized spacial score (nSPS) is 35.2. The summed E-state index contributed by atoms with van der Waals surface area (Å²) in [5.74, 6) is 0.880. The van der Waals surface area contributed by atoms with Crippen molar-refractivity contribution in [2.24, 2.45) is 22.7 Å². The van der Waals surface area contributed by atoms with Crippen molar-refractivity contribution in [1.82, 2.24) is 0 Å². The van der Waals surface area contributed by atoms with Crippen LogP contribution in [0.2, 0.25) is 0 Å². The molecule has 0 radical (unpaired) electrons. The van der Waals surface area contributed by atoms with E-state index < -0.39 is 5.97 Å². The van der Waals surface area contributed by atoms with Crippen molar-refractivity contribution in [3.8, 4) is 0 Å². The quantitative estimate of drug-likeness (QED) is 0.411. The van der Waals surface area contributed by atoms with Gasteiger partial charge in [-0.2, -0.15) is 0 Å². The molecule has 3 atom stereocenters. The zero-order valence-electron chi connectivity index (χ0n) is 16.4. The number of allylic oxidation sites excluding steroid dienone is 3. The minimum atomic E-state index is -0.406. The molecule has 25 heavy (non-hydrogen) atoms. The summed E-state index contributed by atoms with van der Waals surface area (Å²) in [6, 6.07) is 0. The average molecular weight is 344 g/mol. The van der Waals surface area contributed by atoms with Gasteiger partial charge in [0.1, 0.15) is 5.57 Å². The van der Waals surface area contributed by atoms with Gasteiger partial charge in [0.25, 0.3) is 0 Å². The van der Waals surface area contributed by atoms with E-state index in [0.29, 0.717) is 30.4 Å². The molecule has 0 unspecified atom stereocenters. The molecule has 0 N–H and O–H groups in total. The summed E-state index contributed by atoms with van der Waals surface area (Å²) in [6.45, 7) is 11.4. The van der Waals surface area contributed by atoms with E-state index in [0.717, 1.165) is 37.7 Å². The molecule has 0 aromatic heterocycles. The number of esters is 1. The number of hydrogen-bond acceptors (Lipinski definition) is 3. The van der Waals surface area contributed by atoms with E-state index in [2.05, 4.69) is 33.8 Å². The van der Waals surface area contributed by atoms with Crippen LogP contribution < -0.4 is 0 Å². The van der Waals surface area contributed by atoms with E-state index in [4.69, 9.17) is 4.74 Å². The Hall–Kier alpha value is -1.38. The fourth-order valence-corrected chi connectivity index (χ4v) is 5.51. The number of ketones is 1. The Morgan fingerprint density at radius 2 is 2.00 bits per heavy atom. The van der Waals surface area contributed by atoms with Crippen LogP contribution in [0.5, 0.6) is 0 Å². The molecule has 1 fully saturated rings. The first-order chi connectivity index (χ1) is 11.7. The highest BCUT2D eigenvalue weighted by Gasteiger charge is 2.50. The summed E-state index contributed by atoms with van der Waals surface area (Å²) < 4.78 is 5.25. The third-order valence-electron chi connectivity index (χ3n) is 7.23. The molecule has 0 aromatic rings. The smallest absolute Gasteiger partial charge is 0.341 e. The van der Waals surface area contributed by atoms with E-state index in [1.54, 1.807) is 6.92 Å². The predicted molar refractivity (Wildman–Crippen MR) is 99.0 cm³/mol. The van der Waals surface area contributed by atoms with Crippen molar-refractivity contribution >= 4 is 11.8 Å². The van der Waals surface area contributed by atoms with Gasteiger partial charge in [-0.15, -0.1) is 0 Å². The molecule has 0 aliphatic heterocycles. The molecule has 0 spiro atoms. The molecular weight excluding hydrogens is 312 g/mol. The lowest BCUT2D eigenvalue weighted by atomic mass is 9.66. The first-order valence-electron chi connectivity index (χ1n) is 9.86.